The Balaban J connectivity index is 1.77. The fourth-order valence-corrected chi connectivity index (χ4v) is 6.58. The zero-order valence-electron chi connectivity index (χ0n) is 24.6. The topological polar surface area (TPSA) is 101 Å². The lowest BCUT2D eigenvalue weighted by atomic mass is 9.98. The molecule has 12 heteroatoms. The highest BCUT2D eigenvalue weighted by Crippen LogP contribution is 2.50. The molecule has 44 heavy (non-hydrogen) atoms. The number of hydrogen-bond donors (Lipinski definition) is 1. The Morgan fingerprint density at radius 1 is 1.23 bits per heavy atom. The summed E-state index contributed by atoms with van der Waals surface area (Å²) < 4.78 is 39.4. The third-order valence-electron chi connectivity index (χ3n) is 8.31. The van der Waals surface area contributed by atoms with Crippen molar-refractivity contribution >= 4 is 34.2 Å². The van der Waals surface area contributed by atoms with Crippen molar-refractivity contribution < 1.29 is 23.4 Å². The van der Waals surface area contributed by atoms with E-state index in [4.69, 9.17) is 16.3 Å². The smallest absolute Gasteiger partial charge is 0.354 e. The molecular weight excluding hydrogens is 592 g/mol. The third kappa shape index (κ3) is 4.40. The number of phenols is 1. The molecule has 1 fully saturated rings. The Hall–Kier alpha value is -4.51. The van der Waals surface area contributed by atoms with E-state index in [2.05, 4.69) is 16.5 Å². The second kappa shape index (κ2) is 10.9. The third-order valence-corrected chi connectivity index (χ3v) is 8.68. The quantitative estimate of drug-likeness (QED) is 0.300. The molecule has 1 amide bonds. The fraction of sp³-hybridized carbons (Fsp3) is 0.312. The zero-order valence-corrected chi connectivity index (χ0v) is 25.3. The highest BCUT2D eigenvalue weighted by molar-refractivity contribution is 6.39. The van der Waals surface area contributed by atoms with Gasteiger partial charge in [0.05, 0.1) is 38.9 Å². The molecule has 0 aliphatic carbocycles. The number of halogens is 3. The van der Waals surface area contributed by atoms with Crippen molar-refractivity contribution in [3.63, 3.8) is 0 Å². The summed E-state index contributed by atoms with van der Waals surface area (Å²) in [5.74, 6) is -3.04. The van der Waals surface area contributed by atoms with Gasteiger partial charge in [0.1, 0.15) is 24.0 Å². The fourth-order valence-electron chi connectivity index (χ4n) is 6.22. The van der Waals surface area contributed by atoms with Crippen LogP contribution in [0.3, 0.4) is 0 Å². The van der Waals surface area contributed by atoms with Gasteiger partial charge in [-0.3, -0.25) is 14.3 Å². The molecule has 2 atom stereocenters. The summed E-state index contributed by atoms with van der Waals surface area (Å²) in [6.45, 7) is 11.5. The Bertz CT molecular complexity index is 1910. The number of amides is 1. The van der Waals surface area contributed by atoms with E-state index < -0.39 is 40.2 Å². The molecule has 1 N–H and O–H groups in total. The lowest BCUT2D eigenvalue weighted by Crippen LogP contribution is -2.60. The van der Waals surface area contributed by atoms with Crippen LogP contribution in [0.4, 0.5) is 14.6 Å². The number of aromatic hydroxyl groups is 1. The number of phenolic OH excluding ortho intramolecular Hbond substituents is 1. The van der Waals surface area contributed by atoms with E-state index in [-0.39, 0.29) is 65.1 Å². The van der Waals surface area contributed by atoms with E-state index in [1.54, 1.807) is 24.1 Å². The first-order valence-corrected chi connectivity index (χ1v) is 14.6. The monoisotopic (exact) mass is 621 g/mol. The Morgan fingerprint density at radius 2 is 1.98 bits per heavy atom. The first-order valence-electron chi connectivity index (χ1n) is 14.2. The number of aromatic nitrogens is 3. The van der Waals surface area contributed by atoms with E-state index in [1.807, 2.05) is 25.7 Å². The minimum atomic E-state index is -1.02. The summed E-state index contributed by atoms with van der Waals surface area (Å²) in [5, 5.41) is 10.5. The number of piperazine rings is 1. The molecular formula is C32H30ClF2N5O4. The van der Waals surface area contributed by atoms with Crippen LogP contribution >= 0.6 is 11.6 Å². The molecule has 0 bridgehead atoms. The molecule has 6 rings (SSSR count). The number of ether oxygens (including phenoxy) is 1. The van der Waals surface area contributed by atoms with Gasteiger partial charge in [0.25, 0.3) is 0 Å². The van der Waals surface area contributed by atoms with E-state index in [9.17, 15) is 14.7 Å². The molecule has 4 heterocycles. The van der Waals surface area contributed by atoms with Gasteiger partial charge in [-0.1, -0.05) is 38.1 Å². The number of rotatable bonds is 4. The number of benzene rings is 2. The summed E-state index contributed by atoms with van der Waals surface area (Å²) in [7, 11) is 0. The molecule has 2 aromatic heterocycles. The van der Waals surface area contributed by atoms with Crippen molar-refractivity contribution in [2.45, 2.75) is 45.7 Å². The van der Waals surface area contributed by atoms with Crippen molar-refractivity contribution in [2.75, 3.05) is 24.6 Å². The van der Waals surface area contributed by atoms with Gasteiger partial charge in [0, 0.05) is 30.9 Å². The van der Waals surface area contributed by atoms with E-state index in [1.165, 1.54) is 22.8 Å². The van der Waals surface area contributed by atoms with Gasteiger partial charge in [-0.05, 0) is 49.6 Å². The number of carbonyl (C=O) groups is 1. The maximum atomic E-state index is 16.7. The minimum absolute atomic E-state index is 0.0339. The normalized spacial score (nSPS) is 17.8. The van der Waals surface area contributed by atoms with Crippen LogP contribution in [0.1, 0.15) is 37.9 Å². The van der Waals surface area contributed by atoms with Gasteiger partial charge in [-0.2, -0.15) is 4.98 Å². The van der Waals surface area contributed by atoms with Crippen LogP contribution in [-0.2, 0) is 4.79 Å². The Morgan fingerprint density at radius 3 is 2.66 bits per heavy atom. The highest BCUT2D eigenvalue weighted by atomic mass is 35.5. The van der Waals surface area contributed by atoms with Crippen LogP contribution in [-0.4, -0.2) is 62.2 Å². The molecule has 2 aliphatic rings. The molecule has 4 aromatic rings. The standard InChI is InChI=1S/C32H30ClF2N5O4/c1-6-21(42)38-13-18-14-44-30-24-29(25(33)23(26(30)35)22-19(34)8-7-9-20(22)41)40(28-16(4)10-11-36-27(28)15(2)3)32(43)37-31(24)39(18)12-17(38)5/h6-11,15,17-18,41H,1,12-14H2,2-5H3. The molecule has 0 spiro atoms. The summed E-state index contributed by atoms with van der Waals surface area (Å²) in [6.07, 6.45) is 2.86. The SMILES string of the molecule is C=CC(=O)N1CC2COc3c(F)c(-c4c(O)cccc4F)c(Cl)c4c3c(nc(=O)n4-c3c(C)ccnc3C(C)C)N2CC1C. The number of anilines is 1. The maximum absolute atomic E-state index is 16.7. The van der Waals surface area contributed by atoms with Gasteiger partial charge in [-0.15, -0.1) is 0 Å². The molecule has 2 aliphatic heterocycles. The van der Waals surface area contributed by atoms with Crippen molar-refractivity contribution in [3.05, 3.63) is 81.5 Å². The number of fused-ring (bicyclic) bond motifs is 2. The summed E-state index contributed by atoms with van der Waals surface area (Å²) in [4.78, 5) is 39.3. The van der Waals surface area contributed by atoms with Gasteiger partial charge in [0.15, 0.2) is 11.6 Å². The van der Waals surface area contributed by atoms with E-state index in [0.717, 1.165) is 6.07 Å². The van der Waals surface area contributed by atoms with Crippen molar-refractivity contribution in [1.82, 2.24) is 19.4 Å². The van der Waals surface area contributed by atoms with Gasteiger partial charge in [-0.25, -0.2) is 13.6 Å². The van der Waals surface area contributed by atoms with Gasteiger partial charge in [0.2, 0.25) is 5.91 Å². The number of pyridine rings is 1. The van der Waals surface area contributed by atoms with Crippen LogP contribution in [0.25, 0.3) is 27.7 Å². The zero-order chi connectivity index (χ0) is 31.6. The van der Waals surface area contributed by atoms with Crippen molar-refractivity contribution in [1.29, 1.82) is 0 Å². The molecule has 1 saturated heterocycles. The molecule has 228 valence electrons. The van der Waals surface area contributed by atoms with Crippen LogP contribution < -0.4 is 15.3 Å². The number of carbonyl (C=O) groups excluding carboxylic acids is 1. The predicted molar refractivity (Wildman–Crippen MR) is 164 cm³/mol. The Kier molecular flexibility index (Phi) is 7.31. The van der Waals surface area contributed by atoms with Gasteiger partial charge < -0.3 is 19.6 Å². The molecule has 9 nitrogen and oxygen atoms in total. The minimum Gasteiger partial charge on any atom is -0.507 e. The van der Waals surface area contributed by atoms with Crippen LogP contribution in [0.5, 0.6) is 11.5 Å². The largest absolute Gasteiger partial charge is 0.507 e. The molecule has 0 saturated carbocycles. The molecule has 0 radical (unpaired) electrons. The average Bonchev–Trinajstić information content (AvgIpc) is 3.13. The highest BCUT2D eigenvalue weighted by Gasteiger charge is 2.40. The summed E-state index contributed by atoms with van der Waals surface area (Å²) in [5.41, 5.74) is 0.0408. The van der Waals surface area contributed by atoms with Gasteiger partial charge >= 0.3 is 5.69 Å². The van der Waals surface area contributed by atoms with Crippen LogP contribution in [0, 0.1) is 18.6 Å². The maximum Gasteiger partial charge on any atom is 0.354 e. The lowest BCUT2D eigenvalue weighted by molar-refractivity contribution is -0.129. The number of aryl methyl sites for hydroxylation is 1. The van der Waals surface area contributed by atoms with E-state index in [0.29, 0.717) is 16.9 Å². The number of nitrogens with zero attached hydrogens (tertiary/aromatic N) is 5. The van der Waals surface area contributed by atoms with Crippen molar-refractivity contribution in [2.24, 2.45) is 0 Å². The molecule has 2 aromatic carbocycles. The first kappa shape index (κ1) is 29.6. The predicted octanol–water partition coefficient (Wildman–Crippen LogP) is 5.50. The van der Waals surface area contributed by atoms with Crippen LogP contribution in [0.2, 0.25) is 5.02 Å². The second-order valence-corrected chi connectivity index (χ2v) is 11.8. The molecule has 2 unspecified atom stereocenters. The average molecular weight is 622 g/mol. The first-order chi connectivity index (χ1) is 21.0. The van der Waals surface area contributed by atoms with Crippen LogP contribution in [0.15, 0.2) is 47.9 Å². The Labute approximate surface area is 257 Å². The number of hydrogen-bond acceptors (Lipinski definition) is 7. The summed E-state index contributed by atoms with van der Waals surface area (Å²) >= 11 is 7.04. The van der Waals surface area contributed by atoms with Crippen molar-refractivity contribution in [3.8, 4) is 28.3 Å². The van der Waals surface area contributed by atoms with E-state index >= 15 is 8.78 Å². The summed E-state index contributed by atoms with van der Waals surface area (Å²) in [6, 6.07) is 4.50. The second-order valence-electron chi connectivity index (χ2n) is 11.4. The lowest BCUT2D eigenvalue weighted by Gasteiger charge is -2.44.